The number of morpholine rings is 1. The number of piperazine rings is 1. The summed E-state index contributed by atoms with van der Waals surface area (Å²) in [7, 11) is 2.06. The largest absolute Gasteiger partial charge is 0.378 e. The van der Waals surface area contributed by atoms with Gasteiger partial charge in [-0.25, -0.2) is 4.98 Å². The number of likely N-dealkylation sites (N-methyl/N-ethyl adjacent to an activating group) is 1. The summed E-state index contributed by atoms with van der Waals surface area (Å²) in [5.41, 5.74) is 2.48. The third-order valence-electron chi connectivity index (χ3n) is 4.80. The highest BCUT2D eigenvalue weighted by molar-refractivity contribution is 5.92. The molecular formula is C17H22N6O2. The summed E-state index contributed by atoms with van der Waals surface area (Å²) in [4.78, 5) is 23.4. The van der Waals surface area contributed by atoms with Crippen LogP contribution in [-0.2, 0) is 4.74 Å². The van der Waals surface area contributed by atoms with Crippen LogP contribution >= 0.6 is 0 Å². The fourth-order valence-corrected chi connectivity index (χ4v) is 3.18. The molecule has 132 valence electrons. The second kappa shape index (κ2) is 6.89. The van der Waals surface area contributed by atoms with Crippen molar-refractivity contribution < 1.29 is 9.53 Å². The van der Waals surface area contributed by atoms with Crippen molar-refractivity contribution in [2.45, 2.75) is 0 Å². The second-order valence-electron chi connectivity index (χ2n) is 6.50. The molecule has 2 aromatic rings. The standard InChI is InChI=1S/C17H22N6O2/c1-21-4-6-23(7-5-21)17(24)16-18-15-12-13(2-3-14(15)19-20-16)22-8-10-25-11-9-22/h2-3,12H,4-11H2,1H3. The summed E-state index contributed by atoms with van der Waals surface area (Å²) >= 11 is 0. The summed E-state index contributed by atoms with van der Waals surface area (Å²) < 4.78 is 5.40. The zero-order chi connectivity index (χ0) is 17.2. The zero-order valence-electron chi connectivity index (χ0n) is 14.4. The molecule has 1 aromatic carbocycles. The number of fused-ring (bicyclic) bond motifs is 1. The molecule has 0 bridgehead atoms. The van der Waals surface area contributed by atoms with Crippen LogP contribution in [0, 0.1) is 0 Å². The molecule has 0 radical (unpaired) electrons. The lowest BCUT2D eigenvalue weighted by Gasteiger charge is -2.31. The fourth-order valence-electron chi connectivity index (χ4n) is 3.18. The maximum absolute atomic E-state index is 12.7. The molecule has 0 atom stereocenters. The van der Waals surface area contributed by atoms with Crippen LogP contribution < -0.4 is 4.90 Å². The van der Waals surface area contributed by atoms with E-state index in [0.717, 1.165) is 45.1 Å². The SMILES string of the molecule is CN1CCN(C(=O)c2nnc3ccc(N4CCOCC4)cc3n2)CC1. The van der Waals surface area contributed by atoms with E-state index in [0.29, 0.717) is 24.1 Å². The molecule has 2 saturated heterocycles. The van der Waals surface area contributed by atoms with E-state index in [2.05, 4.69) is 32.0 Å². The molecule has 2 aliphatic rings. The van der Waals surface area contributed by atoms with Crippen LogP contribution in [0.2, 0.25) is 0 Å². The van der Waals surface area contributed by atoms with Crippen molar-refractivity contribution in [2.24, 2.45) is 0 Å². The van der Waals surface area contributed by atoms with Gasteiger partial charge in [0.15, 0.2) is 0 Å². The Labute approximate surface area is 146 Å². The van der Waals surface area contributed by atoms with Crippen LogP contribution in [0.15, 0.2) is 18.2 Å². The Balaban J connectivity index is 1.58. The van der Waals surface area contributed by atoms with Gasteiger partial charge in [-0.05, 0) is 25.2 Å². The molecule has 0 aliphatic carbocycles. The van der Waals surface area contributed by atoms with Crippen LogP contribution in [-0.4, -0.2) is 90.4 Å². The minimum atomic E-state index is -0.140. The summed E-state index contributed by atoms with van der Waals surface area (Å²) in [6, 6.07) is 5.91. The first-order valence-electron chi connectivity index (χ1n) is 8.66. The van der Waals surface area contributed by atoms with E-state index in [9.17, 15) is 4.79 Å². The van der Waals surface area contributed by atoms with Gasteiger partial charge >= 0.3 is 0 Å². The summed E-state index contributed by atoms with van der Waals surface area (Å²) in [5.74, 6) is 0.0375. The van der Waals surface area contributed by atoms with Gasteiger partial charge in [-0.1, -0.05) is 0 Å². The van der Waals surface area contributed by atoms with Crippen molar-refractivity contribution in [1.82, 2.24) is 25.0 Å². The smallest absolute Gasteiger partial charge is 0.293 e. The normalized spacial score (nSPS) is 19.4. The van der Waals surface area contributed by atoms with Crippen molar-refractivity contribution in [3.8, 4) is 0 Å². The first-order chi connectivity index (χ1) is 12.2. The molecule has 2 aliphatic heterocycles. The Kier molecular flexibility index (Phi) is 4.46. The Bertz CT molecular complexity index is 769. The highest BCUT2D eigenvalue weighted by Crippen LogP contribution is 2.20. The van der Waals surface area contributed by atoms with E-state index in [1.165, 1.54) is 0 Å². The van der Waals surface area contributed by atoms with Gasteiger partial charge in [0.05, 0.1) is 18.7 Å². The van der Waals surface area contributed by atoms with E-state index in [4.69, 9.17) is 4.74 Å². The first kappa shape index (κ1) is 16.2. The van der Waals surface area contributed by atoms with Crippen LogP contribution in [0.1, 0.15) is 10.6 Å². The highest BCUT2D eigenvalue weighted by atomic mass is 16.5. The van der Waals surface area contributed by atoms with Gasteiger partial charge in [0.2, 0.25) is 5.82 Å². The summed E-state index contributed by atoms with van der Waals surface area (Å²) in [6.45, 7) is 6.31. The van der Waals surface area contributed by atoms with Crippen LogP contribution in [0.3, 0.4) is 0 Å². The van der Waals surface area contributed by atoms with Gasteiger partial charge in [0.25, 0.3) is 5.91 Å². The molecule has 3 heterocycles. The fraction of sp³-hybridized carbons (Fsp3) is 0.529. The lowest BCUT2D eigenvalue weighted by atomic mass is 10.2. The number of benzene rings is 1. The molecule has 1 amide bonds. The summed E-state index contributed by atoms with van der Waals surface area (Å²) in [5, 5.41) is 8.23. The Morgan fingerprint density at radius 1 is 1.00 bits per heavy atom. The maximum Gasteiger partial charge on any atom is 0.293 e. The van der Waals surface area contributed by atoms with Gasteiger partial charge in [-0.3, -0.25) is 4.79 Å². The van der Waals surface area contributed by atoms with Crippen molar-refractivity contribution in [3.05, 3.63) is 24.0 Å². The number of rotatable bonds is 2. The maximum atomic E-state index is 12.7. The third kappa shape index (κ3) is 3.40. The number of carbonyl (C=O) groups excluding carboxylic acids is 1. The molecule has 0 spiro atoms. The first-order valence-corrected chi connectivity index (χ1v) is 8.66. The average molecular weight is 342 g/mol. The number of hydrogen-bond acceptors (Lipinski definition) is 7. The molecule has 4 rings (SSSR count). The Morgan fingerprint density at radius 2 is 1.76 bits per heavy atom. The topological polar surface area (TPSA) is 74.7 Å². The lowest BCUT2D eigenvalue weighted by Crippen LogP contribution is -2.47. The van der Waals surface area contributed by atoms with Crippen molar-refractivity contribution in [2.75, 3.05) is 64.4 Å². The van der Waals surface area contributed by atoms with Crippen molar-refractivity contribution in [1.29, 1.82) is 0 Å². The van der Waals surface area contributed by atoms with Crippen LogP contribution in [0.4, 0.5) is 5.69 Å². The van der Waals surface area contributed by atoms with Crippen molar-refractivity contribution >= 4 is 22.6 Å². The number of nitrogens with zero attached hydrogens (tertiary/aromatic N) is 6. The quantitative estimate of drug-likeness (QED) is 0.774. The van der Waals surface area contributed by atoms with Crippen molar-refractivity contribution in [3.63, 3.8) is 0 Å². The third-order valence-corrected chi connectivity index (χ3v) is 4.80. The van der Waals surface area contributed by atoms with E-state index in [-0.39, 0.29) is 11.7 Å². The highest BCUT2D eigenvalue weighted by Gasteiger charge is 2.23. The summed E-state index contributed by atoms with van der Waals surface area (Å²) in [6.07, 6.45) is 0. The molecule has 8 heteroatoms. The van der Waals surface area contributed by atoms with Gasteiger partial charge in [-0.15, -0.1) is 10.2 Å². The number of ether oxygens (including phenoxy) is 1. The van der Waals surface area contributed by atoms with E-state index < -0.39 is 0 Å². The molecular weight excluding hydrogens is 320 g/mol. The van der Waals surface area contributed by atoms with E-state index in [1.807, 2.05) is 18.2 Å². The number of anilines is 1. The number of amides is 1. The zero-order valence-corrected chi connectivity index (χ0v) is 14.4. The Hall–Kier alpha value is -2.32. The number of hydrogen-bond donors (Lipinski definition) is 0. The van der Waals surface area contributed by atoms with Gasteiger partial charge in [0, 0.05) is 45.0 Å². The van der Waals surface area contributed by atoms with E-state index >= 15 is 0 Å². The molecule has 1 aromatic heterocycles. The van der Waals surface area contributed by atoms with Gasteiger partial charge < -0.3 is 19.4 Å². The van der Waals surface area contributed by atoms with Gasteiger partial charge in [-0.2, -0.15) is 0 Å². The number of carbonyl (C=O) groups is 1. The van der Waals surface area contributed by atoms with Crippen LogP contribution in [0.5, 0.6) is 0 Å². The van der Waals surface area contributed by atoms with Crippen LogP contribution in [0.25, 0.3) is 11.0 Å². The second-order valence-corrected chi connectivity index (χ2v) is 6.50. The minimum Gasteiger partial charge on any atom is -0.378 e. The monoisotopic (exact) mass is 342 g/mol. The number of aromatic nitrogens is 3. The molecule has 0 unspecified atom stereocenters. The average Bonchev–Trinajstić information content (AvgIpc) is 2.68. The molecule has 0 saturated carbocycles. The van der Waals surface area contributed by atoms with E-state index in [1.54, 1.807) is 4.90 Å². The molecule has 8 nitrogen and oxygen atoms in total. The molecule has 2 fully saturated rings. The minimum absolute atomic E-state index is 0.140. The predicted octanol–water partition coefficient (Wildman–Crippen LogP) is 0.249. The molecule has 0 N–H and O–H groups in total. The lowest BCUT2D eigenvalue weighted by molar-refractivity contribution is 0.0651. The molecule has 25 heavy (non-hydrogen) atoms. The van der Waals surface area contributed by atoms with Gasteiger partial charge in [0.1, 0.15) is 5.52 Å². The Morgan fingerprint density at radius 3 is 2.52 bits per heavy atom. The predicted molar refractivity (Wildman–Crippen MR) is 93.8 cm³/mol.